The van der Waals surface area contributed by atoms with Gasteiger partial charge in [0.15, 0.2) is 0 Å². The van der Waals surface area contributed by atoms with Crippen molar-refractivity contribution in [1.82, 2.24) is 0 Å². The van der Waals surface area contributed by atoms with Crippen molar-refractivity contribution in [2.45, 2.75) is 19.4 Å². The van der Waals surface area contributed by atoms with Gasteiger partial charge in [0.25, 0.3) is 0 Å². The first kappa shape index (κ1) is 13.1. The normalized spacial score (nSPS) is 12.2. The topological polar surface area (TPSA) is 41.8 Å². The predicted octanol–water partition coefficient (Wildman–Crippen LogP) is 3.72. The molecule has 0 aliphatic carbocycles. The van der Waals surface area contributed by atoms with E-state index in [0.29, 0.717) is 5.71 Å². The molecule has 0 aliphatic heterocycles. The molecule has 3 heteroatoms. The lowest BCUT2D eigenvalue weighted by Gasteiger charge is -2.27. The van der Waals surface area contributed by atoms with Crippen LogP contribution in [0.15, 0.2) is 65.8 Å². The lowest BCUT2D eigenvalue weighted by molar-refractivity contribution is 0.176. The van der Waals surface area contributed by atoms with Crippen LogP contribution in [0, 0.1) is 0 Å². The van der Waals surface area contributed by atoms with Gasteiger partial charge in [-0.1, -0.05) is 53.7 Å². The van der Waals surface area contributed by atoms with Crippen molar-refractivity contribution in [1.29, 1.82) is 0 Å². The Morgan fingerprint density at radius 3 is 2.00 bits per heavy atom. The Bertz CT molecular complexity index is 547. The Labute approximate surface area is 113 Å². The first-order valence-corrected chi connectivity index (χ1v) is 6.15. The Morgan fingerprint density at radius 1 is 0.947 bits per heavy atom. The number of oxime groups is 1. The van der Waals surface area contributed by atoms with E-state index in [9.17, 15) is 5.21 Å². The molecule has 0 spiro atoms. The number of benzene rings is 2. The third-order valence-electron chi connectivity index (χ3n) is 2.83. The van der Waals surface area contributed by atoms with E-state index in [1.165, 1.54) is 0 Å². The molecule has 0 atom stereocenters. The fourth-order valence-corrected chi connectivity index (χ4v) is 1.95. The second-order valence-corrected chi connectivity index (χ2v) is 4.74. The molecule has 2 aromatic rings. The van der Waals surface area contributed by atoms with Gasteiger partial charge in [0, 0.05) is 5.56 Å². The van der Waals surface area contributed by atoms with Crippen LogP contribution in [0.2, 0.25) is 0 Å². The Hall–Kier alpha value is -2.29. The summed E-state index contributed by atoms with van der Waals surface area (Å²) in [7, 11) is 0. The quantitative estimate of drug-likeness (QED) is 0.514. The van der Waals surface area contributed by atoms with Crippen LogP contribution >= 0.6 is 0 Å². The van der Waals surface area contributed by atoms with E-state index < -0.39 is 5.60 Å². The second-order valence-electron chi connectivity index (χ2n) is 4.74. The van der Waals surface area contributed by atoms with Crippen LogP contribution < -0.4 is 4.74 Å². The van der Waals surface area contributed by atoms with E-state index >= 15 is 0 Å². The molecule has 98 valence electrons. The van der Waals surface area contributed by atoms with Crippen LogP contribution in [0.25, 0.3) is 0 Å². The van der Waals surface area contributed by atoms with Gasteiger partial charge in [-0.2, -0.15) is 0 Å². The molecule has 1 N–H and O–H groups in total. The Morgan fingerprint density at radius 2 is 1.47 bits per heavy atom. The van der Waals surface area contributed by atoms with Gasteiger partial charge in [0.1, 0.15) is 17.1 Å². The summed E-state index contributed by atoms with van der Waals surface area (Å²) >= 11 is 0. The minimum Gasteiger partial charge on any atom is -0.481 e. The maximum atomic E-state index is 9.30. The molecular weight excluding hydrogens is 238 g/mol. The fourth-order valence-electron chi connectivity index (χ4n) is 1.95. The number of rotatable bonds is 4. The molecule has 0 unspecified atom stereocenters. The molecule has 0 bridgehead atoms. The number of nitrogens with zero attached hydrogens (tertiary/aromatic N) is 1. The van der Waals surface area contributed by atoms with Crippen molar-refractivity contribution in [2.75, 3.05) is 0 Å². The van der Waals surface area contributed by atoms with E-state index in [4.69, 9.17) is 4.74 Å². The van der Waals surface area contributed by atoms with E-state index in [0.717, 1.165) is 11.3 Å². The van der Waals surface area contributed by atoms with E-state index in [1.807, 2.05) is 74.5 Å². The summed E-state index contributed by atoms with van der Waals surface area (Å²) in [5.41, 5.74) is 0.611. The molecule has 2 rings (SSSR count). The summed E-state index contributed by atoms with van der Waals surface area (Å²) in [6, 6.07) is 19.0. The van der Waals surface area contributed by atoms with Gasteiger partial charge >= 0.3 is 0 Å². The Balaban J connectivity index is 2.27. The minimum atomic E-state index is -0.725. The van der Waals surface area contributed by atoms with E-state index in [-0.39, 0.29) is 0 Å². The van der Waals surface area contributed by atoms with Crippen LogP contribution in [0.1, 0.15) is 19.4 Å². The smallest absolute Gasteiger partial charge is 0.149 e. The zero-order valence-corrected chi connectivity index (χ0v) is 11.1. The molecule has 0 radical (unpaired) electrons. The van der Waals surface area contributed by atoms with Crippen molar-refractivity contribution >= 4 is 5.71 Å². The summed E-state index contributed by atoms with van der Waals surface area (Å²) in [6.07, 6.45) is 0. The van der Waals surface area contributed by atoms with Crippen molar-refractivity contribution in [3.8, 4) is 5.75 Å². The summed E-state index contributed by atoms with van der Waals surface area (Å²) in [5, 5.41) is 12.7. The van der Waals surface area contributed by atoms with Crippen molar-refractivity contribution in [3.63, 3.8) is 0 Å². The van der Waals surface area contributed by atoms with Crippen molar-refractivity contribution in [2.24, 2.45) is 5.16 Å². The van der Waals surface area contributed by atoms with Gasteiger partial charge in [-0.3, -0.25) is 0 Å². The standard InChI is InChI=1S/C16H17NO2/c1-16(2,19-14-11-7-4-8-12-14)15(17-18)13-9-5-3-6-10-13/h3-12,18H,1-2H3/b17-15-. The van der Waals surface area contributed by atoms with Gasteiger partial charge in [0.2, 0.25) is 0 Å². The van der Waals surface area contributed by atoms with Gasteiger partial charge in [0.05, 0.1) is 0 Å². The second kappa shape index (κ2) is 5.57. The first-order valence-electron chi connectivity index (χ1n) is 6.15. The van der Waals surface area contributed by atoms with Crippen molar-refractivity contribution in [3.05, 3.63) is 66.2 Å². The summed E-state index contributed by atoms with van der Waals surface area (Å²) < 4.78 is 5.92. The molecule has 0 aliphatic rings. The first-order chi connectivity index (χ1) is 9.13. The summed E-state index contributed by atoms with van der Waals surface area (Å²) in [5.74, 6) is 0.740. The number of hydrogen-bond donors (Lipinski definition) is 1. The van der Waals surface area contributed by atoms with Crippen LogP contribution in [0.5, 0.6) is 5.75 Å². The highest BCUT2D eigenvalue weighted by Gasteiger charge is 2.29. The molecule has 19 heavy (non-hydrogen) atoms. The molecule has 0 amide bonds. The van der Waals surface area contributed by atoms with E-state index in [1.54, 1.807) is 0 Å². The van der Waals surface area contributed by atoms with Gasteiger partial charge in [-0.15, -0.1) is 0 Å². The molecule has 0 aromatic heterocycles. The van der Waals surface area contributed by atoms with Crippen LogP contribution in [-0.4, -0.2) is 16.5 Å². The average Bonchev–Trinajstić information content (AvgIpc) is 2.41. The average molecular weight is 255 g/mol. The SMILES string of the molecule is CC(C)(Oc1ccccc1)/C(=N\O)c1ccccc1. The highest BCUT2D eigenvalue weighted by molar-refractivity contribution is 6.06. The Kier molecular flexibility index (Phi) is 3.85. The number of hydrogen-bond acceptors (Lipinski definition) is 3. The maximum Gasteiger partial charge on any atom is 0.149 e. The van der Waals surface area contributed by atoms with Gasteiger partial charge in [-0.05, 0) is 26.0 Å². The number of ether oxygens (including phenoxy) is 1. The monoisotopic (exact) mass is 255 g/mol. The third-order valence-corrected chi connectivity index (χ3v) is 2.83. The maximum absolute atomic E-state index is 9.30. The zero-order valence-electron chi connectivity index (χ0n) is 11.1. The summed E-state index contributed by atoms with van der Waals surface area (Å²) in [6.45, 7) is 3.75. The van der Waals surface area contributed by atoms with Gasteiger partial charge in [-0.25, -0.2) is 0 Å². The molecule has 0 saturated carbocycles. The van der Waals surface area contributed by atoms with Crippen molar-refractivity contribution < 1.29 is 9.94 Å². The molecule has 3 nitrogen and oxygen atoms in total. The van der Waals surface area contributed by atoms with Crippen LogP contribution in [0.4, 0.5) is 0 Å². The lowest BCUT2D eigenvalue weighted by Crippen LogP contribution is -2.39. The molecular formula is C16H17NO2. The molecule has 0 saturated heterocycles. The fraction of sp³-hybridized carbons (Fsp3) is 0.188. The van der Waals surface area contributed by atoms with Crippen LogP contribution in [-0.2, 0) is 0 Å². The van der Waals surface area contributed by atoms with E-state index in [2.05, 4.69) is 5.16 Å². The third kappa shape index (κ3) is 3.13. The highest BCUT2D eigenvalue weighted by atomic mass is 16.5. The van der Waals surface area contributed by atoms with Crippen LogP contribution in [0.3, 0.4) is 0 Å². The molecule has 0 heterocycles. The number of para-hydroxylation sites is 1. The highest BCUT2D eigenvalue weighted by Crippen LogP contribution is 2.22. The largest absolute Gasteiger partial charge is 0.481 e. The van der Waals surface area contributed by atoms with Gasteiger partial charge < -0.3 is 9.94 Å². The molecule has 0 fully saturated rings. The summed E-state index contributed by atoms with van der Waals surface area (Å²) in [4.78, 5) is 0. The lowest BCUT2D eigenvalue weighted by atomic mass is 9.95. The zero-order chi connectivity index (χ0) is 13.7. The molecule has 2 aromatic carbocycles. The predicted molar refractivity (Wildman–Crippen MR) is 75.9 cm³/mol. The minimum absolute atomic E-state index is 0.497.